The summed E-state index contributed by atoms with van der Waals surface area (Å²) in [4.78, 5) is 44.6. The van der Waals surface area contributed by atoms with E-state index in [2.05, 4.69) is 4.98 Å². The summed E-state index contributed by atoms with van der Waals surface area (Å²) in [6.45, 7) is 0. The molecule has 40 heavy (non-hydrogen) atoms. The van der Waals surface area contributed by atoms with Crippen LogP contribution in [0.2, 0.25) is 0 Å². The van der Waals surface area contributed by atoms with Gasteiger partial charge in [-0.15, -0.1) is 0 Å². The normalized spacial score (nSPS) is 19.9. The number of halogens is 2. The van der Waals surface area contributed by atoms with Gasteiger partial charge in [-0.1, -0.05) is 36.4 Å². The third kappa shape index (κ3) is 4.02. The number of anilines is 1. The minimum Gasteiger partial charge on any atom is -0.369 e. The predicted molar refractivity (Wildman–Crippen MR) is 144 cm³/mol. The van der Waals surface area contributed by atoms with Crippen LogP contribution in [0.15, 0.2) is 85.1 Å². The van der Waals surface area contributed by atoms with E-state index in [0.29, 0.717) is 39.2 Å². The lowest BCUT2D eigenvalue weighted by Crippen LogP contribution is -2.39. The summed E-state index contributed by atoms with van der Waals surface area (Å²) in [6.07, 6.45) is 1.87. The highest BCUT2D eigenvalue weighted by atomic mass is 19.1. The summed E-state index contributed by atoms with van der Waals surface area (Å²) >= 11 is 0. The predicted octanol–water partition coefficient (Wildman–Crippen LogP) is 4.20. The zero-order valence-corrected chi connectivity index (χ0v) is 21.2. The third-order valence-corrected chi connectivity index (χ3v) is 7.82. The van der Waals surface area contributed by atoms with Crippen LogP contribution in [-0.4, -0.2) is 22.7 Å². The first-order chi connectivity index (χ1) is 19.2. The molecular formula is C31H24F2N4O3. The second-order valence-corrected chi connectivity index (χ2v) is 10.2. The lowest BCUT2D eigenvalue weighted by molar-refractivity contribution is -0.125. The Bertz CT molecular complexity index is 1690. The summed E-state index contributed by atoms with van der Waals surface area (Å²) in [6, 6.07) is 19.8. The third-order valence-electron chi connectivity index (χ3n) is 7.82. The van der Waals surface area contributed by atoms with Crippen molar-refractivity contribution in [2.24, 2.45) is 17.4 Å². The van der Waals surface area contributed by atoms with E-state index in [1.165, 1.54) is 12.1 Å². The van der Waals surface area contributed by atoms with E-state index in [9.17, 15) is 23.2 Å². The zero-order valence-electron chi connectivity index (χ0n) is 21.2. The molecule has 0 bridgehead atoms. The highest BCUT2D eigenvalue weighted by molar-refractivity contribution is 6.14. The van der Waals surface area contributed by atoms with Crippen LogP contribution in [0, 0.1) is 17.6 Å². The lowest BCUT2D eigenvalue weighted by atomic mass is 9.93. The number of carbonyl (C=O) groups is 3. The molecule has 4 aromatic rings. The van der Waals surface area contributed by atoms with E-state index in [4.69, 9.17) is 11.5 Å². The van der Waals surface area contributed by atoms with Crippen molar-refractivity contribution >= 4 is 23.4 Å². The summed E-state index contributed by atoms with van der Waals surface area (Å²) in [5.41, 5.74) is 13.7. The number of carbonyl (C=O) groups excluding carboxylic acids is 3. The fourth-order valence-corrected chi connectivity index (χ4v) is 5.98. The highest BCUT2D eigenvalue weighted by Crippen LogP contribution is 2.63. The fraction of sp³-hybridized carbons (Fsp3) is 0.161. The second kappa shape index (κ2) is 9.37. The van der Waals surface area contributed by atoms with E-state index >= 15 is 0 Å². The molecule has 2 unspecified atom stereocenters. The topological polar surface area (TPSA) is 119 Å². The van der Waals surface area contributed by atoms with Gasteiger partial charge in [-0.05, 0) is 65.9 Å². The Kier molecular flexibility index (Phi) is 5.94. The van der Waals surface area contributed by atoms with Crippen LogP contribution in [0.25, 0.3) is 11.1 Å². The Hall–Kier alpha value is -4.92. The van der Waals surface area contributed by atoms with Gasteiger partial charge in [-0.2, -0.15) is 0 Å². The molecule has 1 saturated carbocycles. The van der Waals surface area contributed by atoms with Gasteiger partial charge in [-0.3, -0.25) is 19.4 Å². The maximum atomic E-state index is 14.3. The number of pyridine rings is 1. The number of rotatable bonds is 7. The van der Waals surface area contributed by atoms with Crippen molar-refractivity contribution in [3.63, 3.8) is 0 Å². The Morgan fingerprint density at radius 1 is 0.975 bits per heavy atom. The molecule has 2 aliphatic rings. The Morgan fingerprint density at radius 3 is 2.42 bits per heavy atom. The van der Waals surface area contributed by atoms with Gasteiger partial charge >= 0.3 is 0 Å². The highest BCUT2D eigenvalue weighted by Gasteiger charge is 2.69. The molecular weight excluding hydrogens is 514 g/mol. The Labute approximate surface area is 228 Å². The van der Waals surface area contributed by atoms with Crippen molar-refractivity contribution < 1.29 is 23.2 Å². The largest absolute Gasteiger partial charge is 0.369 e. The van der Waals surface area contributed by atoms with Crippen molar-refractivity contribution in [2.45, 2.75) is 24.3 Å². The Morgan fingerprint density at radius 2 is 1.73 bits per heavy atom. The van der Waals surface area contributed by atoms with Crippen LogP contribution in [0.4, 0.5) is 14.5 Å². The first-order valence-corrected chi connectivity index (χ1v) is 12.7. The van der Waals surface area contributed by atoms with Gasteiger partial charge < -0.3 is 16.4 Å². The summed E-state index contributed by atoms with van der Waals surface area (Å²) in [5.74, 6) is -3.63. The van der Waals surface area contributed by atoms with E-state index in [-0.39, 0.29) is 18.7 Å². The number of benzene rings is 3. The molecule has 1 aliphatic carbocycles. The lowest BCUT2D eigenvalue weighted by Gasteiger charge is -2.30. The van der Waals surface area contributed by atoms with Crippen LogP contribution in [0.1, 0.15) is 39.6 Å². The summed E-state index contributed by atoms with van der Waals surface area (Å²) in [7, 11) is 0. The maximum absolute atomic E-state index is 14.3. The van der Waals surface area contributed by atoms with Crippen LogP contribution in [0.3, 0.4) is 0 Å². The molecule has 0 radical (unpaired) electrons. The molecule has 6 rings (SSSR count). The molecule has 1 aliphatic heterocycles. The van der Waals surface area contributed by atoms with Gasteiger partial charge in [0, 0.05) is 29.1 Å². The van der Waals surface area contributed by atoms with Gasteiger partial charge in [0.15, 0.2) is 0 Å². The average Bonchev–Trinajstić information content (AvgIpc) is 3.65. The molecule has 7 nitrogen and oxygen atoms in total. The van der Waals surface area contributed by atoms with Crippen molar-refractivity contribution in [2.75, 3.05) is 4.90 Å². The van der Waals surface area contributed by atoms with Crippen molar-refractivity contribution in [3.05, 3.63) is 119 Å². The molecule has 1 aromatic heterocycles. The van der Waals surface area contributed by atoms with E-state index in [1.54, 1.807) is 65.7 Å². The number of aromatic nitrogens is 1. The number of nitrogens with zero attached hydrogens (tertiary/aromatic N) is 2. The summed E-state index contributed by atoms with van der Waals surface area (Å²) in [5, 5.41) is 0. The second-order valence-electron chi connectivity index (χ2n) is 10.2. The van der Waals surface area contributed by atoms with Crippen LogP contribution in [0.5, 0.6) is 0 Å². The quantitative estimate of drug-likeness (QED) is 0.367. The van der Waals surface area contributed by atoms with Gasteiger partial charge in [0.05, 0.1) is 23.1 Å². The molecule has 2 heterocycles. The van der Waals surface area contributed by atoms with E-state index in [0.717, 1.165) is 6.07 Å². The van der Waals surface area contributed by atoms with Gasteiger partial charge in [0.1, 0.15) is 11.6 Å². The number of para-hydroxylation sites is 1. The number of fused-ring (bicyclic) bond motifs is 2. The van der Waals surface area contributed by atoms with Gasteiger partial charge in [0.2, 0.25) is 17.7 Å². The van der Waals surface area contributed by atoms with E-state index < -0.39 is 40.8 Å². The minimum atomic E-state index is -1.09. The number of primary amides is 2. The van der Waals surface area contributed by atoms with E-state index in [1.807, 2.05) is 6.07 Å². The Balaban J connectivity index is 1.55. The molecule has 3 amide bonds. The molecule has 1 spiro atoms. The molecule has 1 fully saturated rings. The van der Waals surface area contributed by atoms with Gasteiger partial charge in [0.25, 0.3) is 0 Å². The van der Waals surface area contributed by atoms with Crippen molar-refractivity contribution in [3.8, 4) is 11.1 Å². The number of hydrogen-bond donors (Lipinski definition) is 2. The number of nitrogens with two attached hydrogens (primary N) is 2. The smallest absolute Gasteiger partial charge is 0.248 e. The van der Waals surface area contributed by atoms with Crippen molar-refractivity contribution in [1.82, 2.24) is 4.98 Å². The first-order valence-electron chi connectivity index (χ1n) is 12.7. The average molecular weight is 539 g/mol. The zero-order chi connectivity index (χ0) is 28.2. The molecule has 3 atom stereocenters. The van der Waals surface area contributed by atoms with Crippen molar-refractivity contribution in [1.29, 1.82) is 0 Å². The van der Waals surface area contributed by atoms with Crippen LogP contribution < -0.4 is 16.4 Å². The fourth-order valence-electron chi connectivity index (χ4n) is 5.98. The molecule has 4 N–H and O–H groups in total. The standard InChI is InChI=1S/C31H24F2N4O3/c32-20-11-17(12-21(33)15-20)13-26(27-22(7-4-10-36-27)18-5-3-6-19(14-18)28(34)38)37-25-9-2-1-8-23(25)31(30(37)40)16-24(31)29(35)39/h1-12,14-15,24,26H,13,16H2,(H2,34,38)(H2,35,39)/t24?,26-,31?/m0/s1. The SMILES string of the molecule is NC(=O)c1cccc(-c2cccnc2[C@H](Cc2cc(F)cc(F)c2)N2C(=O)C3(CC3C(N)=O)c3ccccc32)c1. The first kappa shape index (κ1) is 25.4. The molecule has 0 saturated heterocycles. The molecule has 200 valence electrons. The van der Waals surface area contributed by atoms with Gasteiger partial charge in [-0.25, -0.2) is 8.78 Å². The monoisotopic (exact) mass is 538 g/mol. The molecule has 3 aromatic carbocycles. The number of hydrogen-bond acceptors (Lipinski definition) is 4. The maximum Gasteiger partial charge on any atom is 0.248 e. The summed E-state index contributed by atoms with van der Waals surface area (Å²) < 4.78 is 28.6. The molecule has 9 heteroatoms. The van der Waals surface area contributed by atoms with Crippen LogP contribution >= 0.6 is 0 Å². The minimum absolute atomic E-state index is 0.0194. The number of amides is 3. The van der Waals surface area contributed by atoms with Crippen LogP contribution in [-0.2, 0) is 21.4 Å².